The van der Waals surface area contributed by atoms with E-state index in [4.69, 9.17) is 5.73 Å². The smallest absolute Gasteiger partial charge is 0.236 e. The molecular weight excluding hydrogens is 266 g/mol. The van der Waals surface area contributed by atoms with Crippen molar-refractivity contribution in [2.24, 2.45) is 5.73 Å². The standard InChI is InChI=1S/C13H19N3O2.ClH/c1-15-9-13(18)16(8-7-12(14)17)10-11-5-3-2-4-6-11;/h2-6,15H,7-10H2,1H3,(H2,14,17);1H. The molecule has 0 aliphatic heterocycles. The third-order valence-electron chi connectivity index (χ3n) is 2.53. The van der Waals surface area contributed by atoms with Gasteiger partial charge in [-0.25, -0.2) is 0 Å². The van der Waals surface area contributed by atoms with Crippen LogP contribution >= 0.6 is 12.4 Å². The number of benzene rings is 1. The lowest BCUT2D eigenvalue weighted by atomic mass is 10.2. The van der Waals surface area contributed by atoms with E-state index in [-0.39, 0.29) is 31.3 Å². The van der Waals surface area contributed by atoms with E-state index in [9.17, 15) is 9.59 Å². The van der Waals surface area contributed by atoms with Crippen LogP contribution in [0.2, 0.25) is 0 Å². The SMILES string of the molecule is CNCC(=O)N(CCC(N)=O)Cc1ccccc1.Cl. The highest BCUT2D eigenvalue weighted by Gasteiger charge is 2.13. The molecule has 1 rings (SSSR count). The first-order chi connectivity index (χ1) is 8.63. The number of likely N-dealkylation sites (N-methyl/N-ethyl adjacent to an activating group) is 1. The average Bonchev–Trinajstić information content (AvgIpc) is 2.35. The lowest BCUT2D eigenvalue weighted by Crippen LogP contribution is -2.38. The molecule has 106 valence electrons. The van der Waals surface area contributed by atoms with E-state index in [1.165, 1.54) is 0 Å². The first kappa shape index (κ1) is 17.4. The summed E-state index contributed by atoms with van der Waals surface area (Å²) in [5, 5.41) is 2.81. The molecule has 0 bridgehead atoms. The van der Waals surface area contributed by atoms with Crippen LogP contribution in [0.3, 0.4) is 0 Å². The van der Waals surface area contributed by atoms with E-state index in [1.807, 2.05) is 30.3 Å². The summed E-state index contributed by atoms with van der Waals surface area (Å²) in [6.45, 7) is 1.10. The van der Waals surface area contributed by atoms with Gasteiger partial charge >= 0.3 is 0 Å². The summed E-state index contributed by atoms with van der Waals surface area (Å²) in [6, 6.07) is 9.66. The maximum absolute atomic E-state index is 11.9. The molecule has 19 heavy (non-hydrogen) atoms. The summed E-state index contributed by atoms with van der Waals surface area (Å²) in [5.41, 5.74) is 6.15. The summed E-state index contributed by atoms with van der Waals surface area (Å²) in [5.74, 6) is -0.437. The third-order valence-corrected chi connectivity index (χ3v) is 2.53. The summed E-state index contributed by atoms with van der Waals surface area (Å²) in [7, 11) is 1.71. The summed E-state index contributed by atoms with van der Waals surface area (Å²) in [6.07, 6.45) is 0.183. The fraction of sp³-hybridized carbons (Fsp3) is 0.385. The number of hydrogen-bond acceptors (Lipinski definition) is 3. The number of nitrogens with one attached hydrogen (secondary N) is 1. The molecule has 0 aliphatic rings. The number of halogens is 1. The minimum Gasteiger partial charge on any atom is -0.370 e. The monoisotopic (exact) mass is 285 g/mol. The van der Waals surface area contributed by atoms with E-state index in [2.05, 4.69) is 5.32 Å². The van der Waals surface area contributed by atoms with Crippen LogP contribution < -0.4 is 11.1 Å². The zero-order valence-corrected chi connectivity index (χ0v) is 11.8. The Balaban J connectivity index is 0.00000324. The fourth-order valence-corrected chi connectivity index (χ4v) is 1.60. The number of nitrogens with two attached hydrogens (primary N) is 1. The lowest BCUT2D eigenvalue weighted by molar-refractivity contribution is -0.131. The predicted molar refractivity (Wildman–Crippen MR) is 76.8 cm³/mol. The molecule has 0 unspecified atom stereocenters. The quantitative estimate of drug-likeness (QED) is 0.767. The Labute approximate surface area is 119 Å². The van der Waals surface area contributed by atoms with Gasteiger partial charge in [-0.15, -0.1) is 12.4 Å². The van der Waals surface area contributed by atoms with Crippen LogP contribution in [0.15, 0.2) is 30.3 Å². The van der Waals surface area contributed by atoms with Gasteiger partial charge in [0.05, 0.1) is 6.54 Å². The molecule has 0 heterocycles. The third kappa shape index (κ3) is 6.79. The molecule has 3 N–H and O–H groups in total. The second kappa shape index (κ2) is 9.35. The molecular formula is C13H20ClN3O2. The van der Waals surface area contributed by atoms with E-state index in [0.29, 0.717) is 13.1 Å². The van der Waals surface area contributed by atoms with Crippen molar-refractivity contribution in [1.82, 2.24) is 10.2 Å². The van der Waals surface area contributed by atoms with Gasteiger partial charge in [-0.2, -0.15) is 0 Å². The van der Waals surface area contributed by atoms with Gasteiger partial charge < -0.3 is 16.0 Å². The maximum Gasteiger partial charge on any atom is 0.236 e. The van der Waals surface area contributed by atoms with Crippen molar-refractivity contribution in [3.63, 3.8) is 0 Å². The van der Waals surface area contributed by atoms with Gasteiger partial charge in [-0.3, -0.25) is 9.59 Å². The predicted octanol–water partition coefficient (Wildman–Crippen LogP) is 0.532. The van der Waals surface area contributed by atoms with E-state index < -0.39 is 5.91 Å². The minimum absolute atomic E-state index is 0. The molecule has 6 heteroatoms. The van der Waals surface area contributed by atoms with Gasteiger partial charge in [-0.05, 0) is 12.6 Å². The van der Waals surface area contributed by atoms with Crippen LogP contribution in [-0.4, -0.2) is 36.9 Å². The first-order valence-corrected chi connectivity index (χ1v) is 5.88. The second-order valence-electron chi connectivity index (χ2n) is 4.05. The Bertz CT molecular complexity index is 398. The van der Waals surface area contributed by atoms with Crippen LogP contribution in [0.5, 0.6) is 0 Å². The highest BCUT2D eigenvalue weighted by molar-refractivity contribution is 5.85. The van der Waals surface area contributed by atoms with Gasteiger partial charge in [0.25, 0.3) is 0 Å². The van der Waals surface area contributed by atoms with Crippen molar-refractivity contribution in [2.75, 3.05) is 20.1 Å². The van der Waals surface area contributed by atoms with E-state index >= 15 is 0 Å². The van der Waals surface area contributed by atoms with Gasteiger partial charge in [0.2, 0.25) is 11.8 Å². The number of carbonyl (C=O) groups is 2. The molecule has 1 aromatic rings. The number of carbonyl (C=O) groups excluding carboxylic acids is 2. The number of rotatable bonds is 7. The molecule has 0 fully saturated rings. The molecule has 0 saturated carbocycles. The van der Waals surface area contributed by atoms with Crippen molar-refractivity contribution in [3.05, 3.63) is 35.9 Å². The number of amides is 2. The average molecular weight is 286 g/mol. The zero-order valence-electron chi connectivity index (χ0n) is 11.0. The number of primary amides is 1. The van der Waals surface area contributed by atoms with Crippen molar-refractivity contribution < 1.29 is 9.59 Å². The number of nitrogens with zero attached hydrogens (tertiary/aromatic N) is 1. The van der Waals surface area contributed by atoms with Gasteiger partial charge in [-0.1, -0.05) is 30.3 Å². The van der Waals surface area contributed by atoms with Crippen molar-refractivity contribution in [2.45, 2.75) is 13.0 Å². The topological polar surface area (TPSA) is 75.4 Å². The zero-order chi connectivity index (χ0) is 13.4. The molecule has 0 radical (unpaired) electrons. The van der Waals surface area contributed by atoms with Crippen molar-refractivity contribution >= 4 is 24.2 Å². The van der Waals surface area contributed by atoms with Crippen molar-refractivity contribution in [1.29, 1.82) is 0 Å². The van der Waals surface area contributed by atoms with E-state index in [1.54, 1.807) is 11.9 Å². The lowest BCUT2D eigenvalue weighted by Gasteiger charge is -2.22. The Morgan fingerprint density at radius 2 is 1.89 bits per heavy atom. The molecule has 1 aromatic carbocycles. The summed E-state index contributed by atoms with van der Waals surface area (Å²) in [4.78, 5) is 24.3. The molecule has 2 amide bonds. The summed E-state index contributed by atoms with van der Waals surface area (Å²) >= 11 is 0. The molecule has 5 nitrogen and oxygen atoms in total. The molecule has 0 spiro atoms. The largest absolute Gasteiger partial charge is 0.370 e. The van der Waals surface area contributed by atoms with Crippen LogP contribution in [0.25, 0.3) is 0 Å². The first-order valence-electron chi connectivity index (χ1n) is 5.88. The molecule has 0 atom stereocenters. The second-order valence-corrected chi connectivity index (χ2v) is 4.05. The van der Waals surface area contributed by atoms with Crippen LogP contribution in [0.4, 0.5) is 0 Å². The van der Waals surface area contributed by atoms with Crippen LogP contribution in [-0.2, 0) is 16.1 Å². The Morgan fingerprint density at radius 3 is 2.42 bits per heavy atom. The minimum atomic E-state index is -0.398. The molecule has 0 aliphatic carbocycles. The highest BCUT2D eigenvalue weighted by atomic mass is 35.5. The molecule has 0 saturated heterocycles. The fourth-order valence-electron chi connectivity index (χ4n) is 1.60. The Kier molecular flexibility index (Phi) is 8.57. The van der Waals surface area contributed by atoms with Gasteiger partial charge in [0.15, 0.2) is 0 Å². The maximum atomic E-state index is 11.9. The Morgan fingerprint density at radius 1 is 1.26 bits per heavy atom. The van der Waals surface area contributed by atoms with E-state index in [0.717, 1.165) is 5.56 Å². The van der Waals surface area contributed by atoms with Crippen molar-refractivity contribution in [3.8, 4) is 0 Å². The van der Waals surface area contributed by atoms with Crippen LogP contribution in [0, 0.1) is 0 Å². The van der Waals surface area contributed by atoms with Gasteiger partial charge in [0, 0.05) is 19.5 Å². The summed E-state index contributed by atoms with van der Waals surface area (Å²) < 4.78 is 0. The Hall–Kier alpha value is -1.59. The normalized spacial score (nSPS) is 9.53. The number of hydrogen-bond donors (Lipinski definition) is 2. The highest BCUT2D eigenvalue weighted by Crippen LogP contribution is 2.05. The molecule has 0 aromatic heterocycles. The van der Waals surface area contributed by atoms with Crippen LogP contribution in [0.1, 0.15) is 12.0 Å². The van der Waals surface area contributed by atoms with Gasteiger partial charge in [0.1, 0.15) is 0 Å².